The maximum atomic E-state index is 12.7. The van der Waals surface area contributed by atoms with Crippen LogP contribution in [0.15, 0.2) is 66.0 Å². The number of amides is 1. The van der Waals surface area contributed by atoms with Crippen LogP contribution in [-0.4, -0.2) is 20.4 Å². The number of aromatic nitrogens is 3. The fourth-order valence-electron chi connectivity index (χ4n) is 2.76. The molecule has 0 radical (unpaired) electrons. The molecule has 1 amide bonds. The molecule has 4 rings (SSSR count). The van der Waals surface area contributed by atoms with E-state index in [9.17, 15) is 4.79 Å². The van der Waals surface area contributed by atoms with Gasteiger partial charge < -0.3 is 9.55 Å². The molecule has 0 aliphatic heterocycles. The lowest BCUT2D eigenvalue weighted by atomic mass is 10.2. The maximum Gasteiger partial charge on any atom is 0.281 e. The number of fused-ring (bicyclic) bond motifs is 1. The monoisotopic (exact) mass is 348 g/mol. The van der Waals surface area contributed by atoms with Crippen LogP contribution in [0.5, 0.6) is 0 Å². The van der Waals surface area contributed by atoms with E-state index in [0.29, 0.717) is 22.6 Å². The number of carbonyl (C=O) groups is 1. The second-order valence-corrected chi connectivity index (χ2v) is 6.97. The van der Waals surface area contributed by atoms with Gasteiger partial charge in [0, 0.05) is 35.4 Å². The first-order valence-electron chi connectivity index (χ1n) is 7.93. The second-order valence-electron chi connectivity index (χ2n) is 5.76. The van der Waals surface area contributed by atoms with Crippen molar-refractivity contribution in [2.24, 2.45) is 4.99 Å². The Balaban J connectivity index is 1.73. The van der Waals surface area contributed by atoms with Gasteiger partial charge in [-0.05, 0) is 24.6 Å². The van der Waals surface area contributed by atoms with Gasteiger partial charge in [0.05, 0.1) is 5.56 Å². The summed E-state index contributed by atoms with van der Waals surface area (Å²) in [6.07, 6.45) is 5.40. The van der Waals surface area contributed by atoms with Crippen LogP contribution in [0.1, 0.15) is 20.8 Å². The number of benzene rings is 1. The van der Waals surface area contributed by atoms with Crippen molar-refractivity contribution in [3.8, 4) is 0 Å². The van der Waals surface area contributed by atoms with Gasteiger partial charge in [-0.25, -0.2) is 4.98 Å². The standard InChI is InChI=1S/C19H16N4OS/c1-13-11-23(12-14-6-3-2-4-7-14)19(25-13)22-18(24)16-10-21-17-15(16)8-5-9-20-17/h2-11H,12H2,1H3,(H,20,21). The van der Waals surface area contributed by atoms with Crippen LogP contribution in [0.3, 0.4) is 0 Å². The molecule has 0 aliphatic carbocycles. The van der Waals surface area contributed by atoms with Crippen molar-refractivity contribution in [3.05, 3.63) is 81.9 Å². The predicted molar refractivity (Wildman–Crippen MR) is 98.6 cm³/mol. The molecular weight excluding hydrogens is 332 g/mol. The number of thiazole rings is 1. The topological polar surface area (TPSA) is 63.0 Å². The smallest absolute Gasteiger partial charge is 0.281 e. The molecule has 1 N–H and O–H groups in total. The summed E-state index contributed by atoms with van der Waals surface area (Å²) in [6.45, 7) is 2.71. The summed E-state index contributed by atoms with van der Waals surface area (Å²) < 4.78 is 2.01. The van der Waals surface area contributed by atoms with Gasteiger partial charge in [-0.3, -0.25) is 4.79 Å². The van der Waals surface area contributed by atoms with Gasteiger partial charge in [0.25, 0.3) is 5.91 Å². The highest BCUT2D eigenvalue weighted by Crippen LogP contribution is 2.16. The highest BCUT2D eigenvalue weighted by molar-refractivity contribution is 7.09. The Morgan fingerprint density at radius 3 is 2.92 bits per heavy atom. The summed E-state index contributed by atoms with van der Waals surface area (Å²) in [5.74, 6) is -0.261. The SMILES string of the molecule is Cc1cn(Cc2ccccc2)c(=NC(=O)c2c[nH]c3ncccc23)s1. The molecule has 0 unspecified atom stereocenters. The zero-order valence-corrected chi connectivity index (χ0v) is 14.5. The van der Waals surface area contributed by atoms with E-state index in [-0.39, 0.29) is 5.91 Å². The van der Waals surface area contributed by atoms with Crippen LogP contribution < -0.4 is 4.80 Å². The molecule has 0 fully saturated rings. The number of carbonyl (C=O) groups excluding carboxylic acids is 1. The van der Waals surface area contributed by atoms with Crippen molar-refractivity contribution in [2.75, 3.05) is 0 Å². The van der Waals surface area contributed by atoms with Crippen molar-refractivity contribution in [1.82, 2.24) is 14.5 Å². The largest absolute Gasteiger partial charge is 0.345 e. The lowest BCUT2D eigenvalue weighted by Gasteiger charge is -2.02. The third kappa shape index (κ3) is 3.16. The van der Waals surface area contributed by atoms with E-state index < -0.39 is 0 Å². The first-order chi connectivity index (χ1) is 12.2. The lowest BCUT2D eigenvalue weighted by Crippen LogP contribution is -2.17. The van der Waals surface area contributed by atoms with Gasteiger partial charge in [-0.2, -0.15) is 4.99 Å². The summed E-state index contributed by atoms with van der Waals surface area (Å²) in [6, 6.07) is 13.8. The summed E-state index contributed by atoms with van der Waals surface area (Å²) in [7, 11) is 0. The summed E-state index contributed by atoms with van der Waals surface area (Å²) >= 11 is 1.51. The van der Waals surface area contributed by atoms with Crippen LogP contribution >= 0.6 is 11.3 Å². The molecule has 0 aliphatic rings. The molecule has 0 saturated carbocycles. The van der Waals surface area contributed by atoms with E-state index in [1.807, 2.05) is 48.0 Å². The fraction of sp³-hybridized carbons (Fsp3) is 0.105. The Hall–Kier alpha value is -2.99. The van der Waals surface area contributed by atoms with Crippen LogP contribution in [-0.2, 0) is 6.54 Å². The maximum absolute atomic E-state index is 12.7. The minimum Gasteiger partial charge on any atom is -0.345 e. The van der Waals surface area contributed by atoms with E-state index in [4.69, 9.17) is 0 Å². The Morgan fingerprint density at radius 2 is 2.08 bits per heavy atom. The van der Waals surface area contributed by atoms with Crippen LogP contribution in [0.25, 0.3) is 11.0 Å². The number of rotatable bonds is 3. The Labute approximate surface area is 148 Å². The Bertz CT molecular complexity index is 1110. The van der Waals surface area contributed by atoms with Crippen LogP contribution in [0, 0.1) is 6.92 Å². The van der Waals surface area contributed by atoms with Crippen molar-refractivity contribution in [1.29, 1.82) is 0 Å². The molecule has 0 bridgehead atoms. The number of nitrogens with one attached hydrogen (secondary N) is 1. The van der Waals surface area contributed by atoms with E-state index in [0.717, 1.165) is 10.3 Å². The molecule has 124 valence electrons. The predicted octanol–water partition coefficient (Wildman–Crippen LogP) is 3.52. The molecule has 3 heterocycles. The van der Waals surface area contributed by atoms with E-state index in [1.54, 1.807) is 12.4 Å². The van der Waals surface area contributed by atoms with Gasteiger partial charge in [0.2, 0.25) is 0 Å². The molecule has 5 nitrogen and oxygen atoms in total. The number of hydrogen-bond acceptors (Lipinski definition) is 3. The Kier molecular flexibility index (Phi) is 4.03. The third-order valence-electron chi connectivity index (χ3n) is 3.91. The molecule has 25 heavy (non-hydrogen) atoms. The molecule has 0 spiro atoms. The molecule has 3 aromatic heterocycles. The fourth-order valence-corrected chi connectivity index (χ4v) is 3.60. The summed E-state index contributed by atoms with van der Waals surface area (Å²) in [5.41, 5.74) is 2.41. The molecule has 6 heteroatoms. The van der Waals surface area contributed by atoms with Gasteiger partial charge >= 0.3 is 0 Å². The molecule has 1 aromatic carbocycles. The van der Waals surface area contributed by atoms with Crippen molar-refractivity contribution in [3.63, 3.8) is 0 Å². The van der Waals surface area contributed by atoms with Gasteiger partial charge in [-0.15, -0.1) is 11.3 Å². The van der Waals surface area contributed by atoms with Gasteiger partial charge in [0.1, 0.15) is 5.65 Å². The minimum absolute atomic E-state index is 0.261. The minimum atomic E-state index is -0.261. The average Bonchev–Trinajstić information content (AvgIpc) is 3.19. The first kappa shape index (κ1) is 15.5. The second kappa shape index (κ2) is 6.49. The van der Waals surface area contributed by atoms with E-state index in [1.165, 1.54) is 16.9 Å². The number of aromatic amines is 1. The van der Waals surface area contributed by atoms with Crippen molar-refractivity contribution >= 4 is 28.3 Å². The molecular formula is C19H16N4OS. The first-order valence-corrected chi connectivity index (χ1v) is 8.74. The number of nitrogens with zero attached hydrogens (tertiary/aromatic N) is 3. The van der Waals surface area contributed by atoms with E-state index >= 15 is 0 Å². The molecule has 0 saturated heterocycles. The summed E-state index contributed by atoms with van der Waals surface area (Å²) in [4.78, 5) is 26.1. The zero-order chi connectivity index (χ0) is 17.2. The van der Waals surface area contributed by atoms with Crippen LogP contribution in [0.2, 0.25) is 0 Å². The van der Waals surface area contributed by atoms with E-state index in [2.05, 4.69) is 27.1 Å². The average molecular weight is 348 g/mol. The number of H-pyrrole nitrogens is 1. The highest BCUT2D eigenvalue weighted by atomic mass is 32.1. The number of aryl methyl sites for hydroxylation is 1. The quantitative estimate of drug-likeness (QED) is 0.616. The highest BCUT2D eigenvalue weighted by Gasteiger charge is 2.12. The Morgan fingerprint density at radius 1 is 1.24 bits per heavy atom. The number of pyridine rings is 1. The molecule has 0 atom stereocenters. The summed E-state index contributed by atoms with van der Waals surface area (Å²) in [5, 5.41) is 0.791. The van der Waals surface area contributed by atoms with Gasteiger partial charge in [-0.1, -0.05) is 30.3 Å². The third-order valence-corrected chi connectivity index (χ3v) is 4.85. The van der Waals surface area contributed by atoms with Crippen molar-refractivity contribution in [2.45, 2.75) is 13.5 Å². The lowest BCUT2D eigenvalue weighted by molar-refractivity contribution is 0.0999. The van der Waals surface area contributed by atoms with Crippen molar-refractivity contribution < 1.29 is 4.79 Å². The normalized spacial score (nSPS) is 12.0. The zero-order valence-electron chi connectivity index (χ0n) is 13.6. The number of hydrogen-bond donors (Lipinski definition) is 1. The van der Waals surface area contributed by atoms with Gasteiger partial charge in [0.15, 0.2) is 4.80 Å². The van der Waals surface area contributed by atoms with Crippen LogP contribution in [0.4, 0.5) is 0 Å². The molecule has 4 aromatic rings.